The van der Waals surface area contributed by atoms with E-state index >= 15 is 0 Å². The maximum absolute atomic E-state index is 5.80. The summed E-state index contributed by atoms with van der Waals surface area (Å²) in [5.41, 5.74) is 8.15. The molecule has 2 N–H and O–H groups in total. The Labute approximate surface area is 115 Å². The fourth-order valence-corrected chi connectivity index (χ4v) is 2.15. The molecule has 0 aliphatic rings. The van der Waals surface area contributed by atoms with Gasteiger partial charge in [0.05, 0.1) is 0 Å². The van der Waals surface area contributed by atoms with Gasteiger partial charge in [0, 0.05) is 24.5 Å². The number of hydrogen-bond donors (Lipinski definition) is 1. The summed E-state index contributed by atoms with van der Waals surface area (Å²) < 4.78 is 0. The predicted molar refractivity (Wildman–Crippen MR) is 80.7 cm³/mol. The van der Waals surface area contributed by atoms with Crippen LogP contribution >= 0.6 is 0 Å². The summed E-state index contributed by atoms with van der Waals surface area (Å²) in [6.45, 7) is 5.03. The van der Waals surface area contributed by atoms with E-state index in [1.54, 1.807) is 0 Å². The van der Waals surface area contributed by atoms with Crippen LogP contribution < -0.4 is 10.6 Å². The minimum absolute atomic E-state index is 0.170. The molecular weight excluding hydrogens is 234 g/mol. The smallest absolute Gasteiger partial charge is 0.132 e. The van der Waals surface area contributed by atoms with Gasteiger partial charge in [-0.2, -0.15) is 0 Å². The molecule has 1 atom stereocenters. The van der Waals surface area contributed by atoms with E-state index in [0.29, 0.717) is 0 Å². The first-order valence-corrected chi connectivity index (χ1v) is 6.73. The number of pyridine rings is 1. The van der Waals surface area contributed by atoms with Crippen molar-refractivity contribution in [2.45, 2.75) is 26.3 Å². The molecule has 2 aromatic rings. The Bertz CT molecular complexity index is 491. The molecule has 0 saturated carbocycles. The largest absolute Gasteiger partial charge is 0.328 e. The predicted octanol–water partition coefficient (Wildman–Crippen LogP) is 3.13. The molecule has 0 spiro atoms. The van der Waals surface area contributed by atoms with Gasteiger partial charge >= 0.3 is 0 Å². The molecular formula is C16H21N3. The number of para-hydroxylation sites is 1. The SMILES string of the molecule is CCN(c1ccccc1)c1ccc(CC(C)N)cn1. The normalized spacial score (nSPS) is 12.2. The molecule has 1 aromatic carbocycles. The molecule has 2 rings (SSSR count). The van der Waals surface area contributed by atoms with Crippen LogP contribution in [0.4, 0.5) is 11.5 Å². The van der Waals surface area contributed by atoms with Crippen molar-refractivity contribution in [1.29, 1.82) is 0 Å². The molecule has 3 heteroatoms. The minimum Gasteiger partial charge on any atom is -0.328 e. The molecule has 0 saturated heterocycles. The highest BCUT2D eigenvalue weighted by Gasteiger charge is 2.08. The Hall–Kier alpha value is -1.87. The highest BCUT2D eigenvalue weighted by atomic mass is 15.2. The highest BCUT2D eigenvalue weighted by molar-refractivity contribution is 5.59. The van der Waals surface area contributed by atoms with Crippen LogP contribution in [0.1, 0.15) is 19.4 Å². The molecule has 0 bridgehead atoms. The standard InChI is InChI=1S/C16H21N3/c1-3-19(15-7-5-4-6-8-15)16-10-9-14(12-18-16)11-13(2)17/h4-10,12-13H,3,11,17H2,1-2H3. The fourth-order valence-electron chi connectivity index (χ4n) is 2.15. The summed E-state index contributed by atoms with van der Waals surface area (Å²) >= 11 is 0. The third-order valence-electron chi connectivity index (χ3n) is 3.03. The Kier molecular flexibility index (Phi) is 4.53. The lowest BCUT2D eigenvalue weighted by Gasteiger charge is -2.22. The van der Waals surface area contributed by atoms with Gasteiger partial charge < -0.3 is 10.6 Å². The van der Waals surface area contributed by atoms with Crippen molar-refractivity contribution >= 4 is 11.5 Å². The van der Waals surface area contributed by atoms with Crippen LogP contribution in [0.3, 0.4) is 0 Å². The van der Waals surface area contributed by atoms with Gasteiger partial charge in [0.1, 0.15) is 5.82 Å². The number of nitrogens with two attached hydrogens (primary N) is 1. The summed E-state index contributed by atoms with van der Waals surface area (Å²) in [5.74, 6) is 0.974. The Morgan fingerprint density at radius 2 is 1.89 bits per heavy atom. The second kappa shape index (κ2) is 6.34. The maximum atomic E-state index is 5.80. The lowest BCUT2D eigenvalue weighted by Crippen LogP contribution is -2.19. The first-order chi connectivity index (χ1) is 9.20. The number of hydrogen-bond acceptors (Lipinski definition) is 3. The molecule has 0 radical (unpaired) electrons. The average molecular weight is 255 g/mol. The minimum atomic E-state index is 0.170. The fraction of sp³-hybridized carbons (Fsp3) is 0.312. The van der Waals surface area contributed by atoms with E-state index in [-0.39, 0.29) is 6.04 Å². The van der Waals surface area contributed by atoms with Crippen LogP contribution in [0, 0.1) is 0 Å². The molecule has 0 aliphatic heterocycles. The number of benzene rings is 1. The number of nitrogens with zero attached hydrogens (tertiary/aromatic N) is 2. The van der Waals surface area contributed by atoms with Gasteiger partial charge in [-0.05, 0) is 44.0 Å². The van der Waals surface area contributed by atoms with Crippen LogP contribution in [0.2, 0.25) is 0 Å². The van der Waals surface area contributed by atoms with Crippen LogP contribution in [-0.2, 0) is 6.42 Å². The molecule has 0 amide bonds. The van der Waals surface area contributed by atoms with Crippen LogP contribution in [-0.4, -0.2) is 17.6 Å². The second-order valence-electron chi connectivity index (χ2n) is 4.79. The zero-order chi connectivity index (χ0) is 13.7. The van der Waals surface area contributed by atoms with Crippen LogP contribution in [0.15, 0.2) is 48.7 Å². The molecule has 100 valence electrons. The number of anilines is 2. The number of aromatic nitrogens is 1. The summed E-state index contributed by atoms with van der Waals surface area (Å²) in [7, 11) is 0. The van der Waals surface area contributed by atoms with Gasteiger partial charge in [-0.25, -0.2) is 4.98 Å². The molecule has 0 fully saturated rings. The van der Waals surface area contributed by atoms with Crippen LogP contribution in [0.25, 0.3) is 0 Å². The van der Waals surface area contributed by atoms with Gasteiger partial charge in [-0.3, -0.25) is 0 Å². The molecule has 1 unspecified atom stereocenters. The molecule has 1 aromatic heterocycles. The second-order valence-corrected chi connectivity index (χ2v) is 4.79. The first-order valence-electron chi connectivity index (χ1n) is 6.73. The van der Waals surface area contributed by atoms with Crippen molar-refractivity contribution in [1.82, 2.24) is 4.98 Å². The highest BCUT2D eigenvalue weighted by Crippen LogP contribution is 2.22. The van der Waals surface area contributed by atoms with Crippen molar-refractivity contribution in [3.8, 4) is 0 Å². The average Bonchev–Trinajstić information content (AvgIpc) is 2.42. The van der Waals surface area contributed by atoms with Gasteiger partial charge in [0.15, 0.2) is 0 Å². The van der Waals surface area contributed by atoms with E-state index in [1.807, 2.05) is 31.3 Å². The van der Waals surface area contributed by atoms with Crippen molar-refractivity contribution in [2.75, 3.05) is 11.4 Å². The van der Waals surface area contributed by atoms with Crippen molar-refractivity contribution in [2.24, 2.45) is 5.73 Å². The molecule has 3 nitrogen and oxygen atoms in total. The number of rotatable bonds is 5. The van der Waals surface area contributed by atoms with Crippen LogP contribution in [0.5, 0.6) is 0 Å². The quantitative estimate of drug-likeness (QED) is 0.892. The summed E-state index contributed by atoms with van der Waals surface area (Å²) in [4.78, 5) is 6.74. The summed E-state index contributed by atoms with van der Waals surface area (Å²) in [5, 5.41) is 0. The van der Waals surface area contributed by atoms with Crippen molar-refractivity contribution in [3.05, 3.63) is 54.2 Å². The molecule has 0 aliphatic carbocycles. The third kappa shape index (κ3) is 3.55. The Morgan fingerprint density at radius 1 is 1.16 bits per heavy atom. The molecule has 19 heavy (non-hydrogen) atoms. The lowest BCUT2D eigenvalue weighted by atomic mass is 10.1. The summed E-state index contributed by atoms with van der Waals surface area (Å²) in [6, 6.07) is 14.7. The monoisotopic (exact) mass is 255 g/mol. The van der Waals surface area contributed by atoms with E-state index in [4.69, 9.17) is 5.73 Å². The van der Waals surface area contributed by atoms with Crippen molar-refractivity contribution < 1.29 is 0 Å². The zero-order valence-corrected chi connectivity index (χ0v) is 11.6. The van der Waals surface area contributed by atoms with E-state index in [0.717, 1.165) is 24.5 Å². The van der Waals surface area contributed by atoms with Gasteiger partial charge in [-0.1, -0.05) is 24.3 Å². The van der Waals surface area contributed by atoms with E-state index < -0.39 is 0 Å². The van der Waals surface area contributed by atoms with Crippen molar-refractivity contribution in [3.63, 3.8) is 0 Å². The Balaban J connectivity index is 2.20. The van der Waals surface area contributed by atoms with E-state index in [2.05, 4.69) is 41.1 Å². The topological polar surface area (TPSA) is 42.1 Å². The zero-order valence-electron chi connectivity index (χ0n) is 11.6. The van der Waals surface area contributed by atoms with E-state index in [9.17, 15) is 0 Å². The lowest BCUT2D eigenvalue weighted by molar-refractivity contribution is 0.735. The molecule has 1 heterocycles. The third-order valence-corrected chi connectivity index (χ3v) is 3.03. The maximum Gasteiger partial charge on any atom is 0.132 e. The van der Waals surface area contributed by atoms with E-state index in [1.165, 1.54) is 5.56 Å². The first kappa shape index (κ1) is 13.6. The van der Waals surface area contributed by atoms with Gasteiger partial charge in [0.2, 0.25) is 0 Å². The van der Waals surface area contributed by atoms with Gasteiger partial charge in [-0.15, -0.1) is 0 Å². The summed E-state index contributed by atoms with van der Waals surface area (Å²) in [6.07, 6.45) is 2.79. The van der Waals surface area contributed by atoms with Gasteiger partial charge in [0.25, 0.3) is 0 Å². The Morgan fingerprint density at radius 3 is 2.42 bits per heavy atom.